The summed E-state index contributed by atoms with van der Waals surface area (Å²) in [7, 11) is 1.83. The van der Waals surface area contributed by atoms with Gasteiger partial charge in [0.1, 0.15) is 0 Å². The fourth-order valence-electron chi connectivity index (χ4n) is 3.45. The zero-order chi connectivity index (χ0) is 19.5. The Labute approximate surface area is 164 Å². The number of likely N-dealkylation sites (N-methyl/N-ethyl adjacent to an activating group) is 1. The normalized spacial score (nSPS) is 16.7. The van der Waals surface area contributed by atoms with Gasteiger partial charge in [0.2, 0.25) is 17.7 Å². The Morgan fingerprint density at radius 3 is 2.64 bits per heavy atom. The van der Waals surface area contributed by atoms with E-state index in [2.05, 4.69) is 10.1 Å². The van der Waals surface area contributed by atoms with E-state index < -0.39 is 0 Å². The zero-order valence-corrected chi connectivity index (χ0v) is 16.2. The summed E-state index contributed by atoms with van der Waals surface area (Å²) >= 11 is 0. The Kier molecular flexibility index (Phi) is 5.41. The van der Waals surface area contributed by atoms with Crippen LogP contribution in [-0.2, 0) is 22.4 Å². The molecular formula is C21H26N4O3. The van der Waals surface area contributed by atoms with Crippen molar-refractivity contribution >= 4 is 11.8 Å². The van der Waals surface area contributed by atoms with Crippen molar-refractivity contribution in [2.75, 3.05) is 26.7 Å². The highest BCUT2D eigenvalue weighted by molar-refractivity contribution is 5.80. The maximum atomic E-state index is 12.3. The Balaban J connectivity index is 1.19. The van der Waals surface area contributed by atoms with Crippen LogP contribution in [-0.4, -0.2) is 58.4 Å². The summed E-state index contributed by atoms with van der Waals surface area (Å²) in [5, 5.41) is 4.03. The highest BCUT2D eigenvalue weighted by atomic mass is 16.5. The average Bonchev–Trinajstić information content (AvgIpc) is 3.43. The van der Waals surface area contributed by atoms with Gasteiger partial charge < -0.3 is 14.3 Å². The molecule has 0 bridgehead atoms. The number of carbonyl (C=O) groups excluding carboxylic acids is 2. The molecule has 1 aliphatic carbocycles. The summed E-state index contributed by atoms with van der Waals surface area (Å²) in [5.74, 6) is 1.95. The van der Waals surface area contributed by atoms with Crippen LogP contribution >= 0.6 is 0 Å². The molecule has 2 aliphatic rings. The van der Waals surface area contributed by atoms with Crippen molar-refractivity contribution < 1.29 is 14.1 Å². The number of carbonyl (C=O) groups is 2. The first kappa shape index (κ1) is 18.7. The van der Waals surface area contributed by atoms with E-state index in [1.165, 1.54) is 5.56 Å². The fourth-order valence-corrected chi connectivity index (χ4v) is 3.45. The predicted molar refractivity (Wildman–Crippen MR) is 102 cm³/mol. The van der Waals surface area contributed by atoms with Crippen LogP contribution in [0.4, 0.5) is 0 Å². The molecule has 1 aromatic carbocycles. The van der Waals surface area contributed by atoms with Crippen LogP contribution in [0.15, 0.2) is 34.9 Å². The summed E-state index contributed by atoms with van der Waals surface area (Å²) < 4.78 is 5.38. The molecule has 148 valence electrons. The van der Waals surface area contributed by atoms with Gasteiger partial charge in [-0.05, 0) is 24.8 Å². The highest BCUT2D eigenvalue weighted by Gasteiger charge is 2.35. The second-order valence-electron chi connectivity index (χ2n) is 7.81. The third-order valence-corrected chi connectivity index (χ3v) is 5.51. The number of amides is 2. The summed E-state index contributed by atoms with van der Waals surface area (Å²) in [4.78, 5) is 32.3. The largest absolute Gasteiger partial charge is 0.345 e. The van der Waals surface area contributed by atoms with E-state index in [-0.39, 0.29) is 23.7 Å². The van der Waals surface area contributed by atoms with Crippen molar-refractivity contribution in [1.29, 1.82) is 0 Å². The molecule has 0 unspecified atom stereocenters. The quantitative estimate of drug-likeness (QED) is 0.698. The van der Waals surface area contributed by atoms with Gasteiger partial charge in [-0.2, -0.15) is 4.98 Å². The molecule has 0 atom stereocenters. The molecule has 7 nitrogen and oxygen atoms in total. The van der Waals surface area contributed by atoms with Gasteiger partial charge in [0, 0.05) is 45.4 Å². The molecule has 0 radical (unpaired) electrons. The number of benzene rings is 1. The number of aryl methyl sites for hydroxylation is 1. The second kappa shape index (κ2) is 8.12. The van der Waals surface area contributed by atoms with Crippen LogP contribution in [0.1, 0.15) is 42.5 Å². The second-order valence-corrected chi connectivity index (χ2v) is 7.81. The lowest BCUT2D eigenvalue weighted by atomic mass is 9.99. The Bertz CT molecular complexity index is 825. The lowest BCUT2D eigenvalue weighted by Crippen LogP contribution is -2.48. The lowest BCUT2D eigenvalue weighted by Gasteiger charge is -2.37. The smallest absolute Gasteiger partial charge is 0.233 e. The van der Waals surface area contributed by atoms with Crippen molar-refractivity contribution in [2.24, 2.45) is 5.92 Å². The first-order valence-corrected chi connectivity index (χ1v) is 9.99. The molecular weight excluding hydrogens is 356 g/mol. The van der Waals surface area contributed by atoms with Gasteiger partial charge >= 0.3 is 0 Å². The third kappa shape index (κ3) is 4.40. The van der Waals surface area contributed by atoms with Crippen molar-refractivity contribution in [1.82, 2.24) is 19.9 Å². The summed E-state index contributed by atoms with van der Waals surface area (Å²) in [6, 6.07) is 10.1. The highest BCUT2D eigenvalue weighted by Crippen LogP contribution is 2.30. The molecule has 2 fully saturated rings. The Morgan fingerprint density at radius 2 is 1.93 bits per heavy atom. The van der Waals surface area contributed by atoms with E-state index in [1.54, 1.807) is 4.90 Å². The maximum Gasteiger partial charge on any atom is 0.233 e. The molecule has 0 N–H and O–H groups in total. The van der Waals surface area contributed by atoms with Crippen molar-refractivity contribution in [2.45, 2.75) is 38.0 Å². The third-order valence-electron chi connectivity index (χ3n) is 5.51. The van der Waals surface area contributed by atoms with Gasteiger partial charge in [0.25, 0.3) is 0 Å². The van der Waals surface area contributed by atoms with E-state index >= 15 is 0 Å². The minimum absolute atomic E-state index is 0.118. The van der Waals surface area contributed by atoms with Crippen LogP contribution in [0.2, 0.25) is 0 Å². The minimum atomic E-state index is 0.118. The SMILES string of the molecule is CN(CCc1noc(C2CN(C(=O)CCc3ccccc3)C2)n1)C(=O)C1CC1. The van der Waals surface area contributed by atoms with Crippen molar-refractivity contribution in [3.05, 3.63) is 47.6 Å². The summed E-state index contributed by atoms with van der Waals surface area (Å²) in [6.45, 7) is 1.87. The number of likely N-dealkylation sites (tertiary alicyclic amines) is 1. The van der Waals surface area contributed by atoms with Gasteiger partial charge in [0.05, 0.1) is 5.92 Å². The zero-order valence-electron chi connectivity index (χ0n) is 16.2. The van der Waals surface area contributed by atoms with Crippen molar-refractivity contribution in [3.8, 4) is 0 Å². The maximum absolute atomic E-state index is 12.3. The Hall–Kier alpha value is -2.70. The molecule has 2 amide bonds. The number of nitrogens with zero attached hydrogens (tertiary/aromatic N) is 4. The van der Waals surface area contributed by atoms with Crippen LogP contribution in [0.25, 0.3) is 0 Å². The number of hydrogen-bond donors (Lipinski definition) is 0. The summed E-state index contributed by atoms with van der Waals surface area (Å²) in [6.07, 6.45) is 3.90. The molecule has 1 saturated carbocycles. The Morgan fingerprint density at radius 1 is 1.18 bits per heavy atom. The van der Waals surface area contributed by atoms with E-state index in [0.29, 0.717) is 44.2 Å². The lowest BCUT2D eigenvalue weighted by molar-refractivity contribution is -0.136. The first-order valence-electron chi connectivity index (χ1n) is 9.99. The molecule has 2 aromatic rings. The fraction of sp³-hybridized carbons (Fsp3) is 0.524. The van der Waals surface area contributed by atoms with Crippen molar-refractivity contribution in [3.63, 3.8) is 0 Å². The molecule has 1 saturated heterocycles. The van der Waals surface area contributed by atoms with Gasteiger partial charge in [0.15, 0.2) is 5.82 Å². The topological polar surface area (TPSA) is 79.5 Å². The van der Waals surface area contributed by atoms with Gasteiger partial charge in [-0.1, -0.05) is 35.5 Å². The molecule has 28 heavy (non-hydrogen) atoms. The molecule has 1 aliphatic heterocycles. The molecule has 2 heterocycles. The monoisotopic (exact) mass is 382 g/mol. The van der Waals surface area contributed by atoms with Crippen LogP contribution < -0.4 is 0 Å². The van der Waals surface area contributed by atoms with E-state index in [1.807, 2.05) is 42.3 Å². The van der Waals surface area contributed by atoms with Crippen LogP contribution in [0, 0.1) is 5.92 Å². The molecule has 7 heteroatoms. The van der Waals surface area contributed by atoms with Crippen LogP contribution in [0.5, 0.6) is 0 Å². The van der Waals surface area contributed by atoms with Gasteiger partial charge in [-0.3, -0.25) is 9.59 Å². The molecule has 0 spiro atoms. The predicted octanol–water partition coefficient (Wildman–Crippen LogP) is 2.04. The van der Waals surface area contributed by atoms with Gasteiger partial charge in [-0.25, -0.2) is 0 Å². The molecule has 1 aromatic heterocycles. The van der Waals surface area contributed by atoms with E-state index in [0.717, 1.165) is 19.3 Å². The minimum Gasteiger partial charge on any atom is -0.345 e. The van der Waals surface area contributed by atoms with E-state index in [4.69, 9.17) is 4.52 Å². The number of aromatic nitrogens is 2. The molecule has 4 rings (SSSR count). The van der Waals surface area contributed by atoms with Gasteiger partial charge in [-0.15, -0.1) is 0 Å². The number of rotatable bonds is 8. The summed E-state index contributed by atoms with van der Waals surface area (Å²) in [5.41, 5.74) is 1.18. The van der Waals surface area contributed by atoms with E-state index in [9.17, 15) is 9.59 Å². The standard InChI is InChI=1S/C21H26N4O3/c1-24(21(27)16-8-9-16)12-11-18-22-20(28-23-18)17-13-25(14-17)19(26)10-7-15-5-3-2-4-6-15/h2-6,16-17H,7-14H2,1H3. The average molecular weight is 382 g/mol. The van der Waals surface area contributed by atoms with Crippen LogP contribution in [0.3, 0.4) is 0 Å². The number of hydrogen-bond acceptors (Lipinski definition) is 5. The first-order chi connectivity index (χ1) is 13.6.